The molecule has 1 heterocycles. The van der Waals surface area contributed by atoms with Crippen LogP contribution < -0.4 is 0 Å². The molecule has 2 rings (SSSR count). The number of carbonyl (C=O) groups is 1. The van der Waals surface area contributed by atoms with Gasteiger partial charge in [-0.15, -0.1) is 0 Å². The van der Waals surface area contributed by atoms with Crippen molar-refractivity contribution in [1.29, 1.82) is 0 Å². The molecule has 1 fully saturated rings. The van der Waals surface area contributed by atoms with Crippen molar-refractivity contribution in [3.05, 3.63) is 35.9 Å². The summed E-state index contributed by atoms with van der Waals surface area (Å²) in [6.07, 6.45) is 5.15. The largest absolute Gasteiger partial charge is 0.343 e. The Labute approximate surface area is 110 Å². The number of amides is 1. The van der Waals surface area contributed by atoms with Crippen LogP contribution in [-0.4, -0.2) is 23.9 Å². The molecular formula is C16H23NO. The van der Waals surface area contributed by atoms with E-state index in [9.17, 15) is 4.79 Å². The van der Waals surface area contributed by atoms with Gasteiger partial charge in [0.1, 0.15) is 0 Å². The lowest BCUT2D eigenvalue weighted by Gasteiger charge is -2.31. The van der Waals surface area contributed by atoms with E-state index < -0.39 is 0 Å². The zero-order valence-corrected chi connectivity index (χ0v) is 11.3. The minimum atomic E-state index is 0.327. The van der Waals surface area contributed by atoms with Gasteiger partial charge in [0, 0.05) is 19.5 Å². The highest BCUT2D eigenvalue weighted by atomic mass is 16.2. The summed E-state index contributed by atoms with van der Waals surface area (Å²) in [5.74, 6) is 1.16. The van der Waals surface area contributed by atoms with Crippen molar-refractivity contribution in [2.75, 3.05) is 13.1 Å². The Morgan fingerprint density at radius 2 is 1.89 bits per heavy atom. The normalized spacial score (nSPS) is 16.8. The number of piperidine rings is 1. The molecule has 1 aromatic rings. The summed E-state index contributed by atoms with van der Waals surface area (Å²) in [5.41, 5.74) is 1.26. The maximum atomic E-state index is 12.1. The Morgan fingerprint density at radius 1 is 1.22 bits per heavy atom. The number of hydrogen-bond acceptors (Lipinski definition) is 1. The van der Waals surface area contributed by atoms with Crippen LogP contribution in [0.5, 0.6) is 0 Å². The number of rotatable bonds is 4. The first-order chi connectivity index (χ1) is 8.79. The summed E-state index contributed by atoms with van der Waals surface area (Å²) in [7, 11) is 0. The van der Waals surface area contributed by atoms with Gasteiger partial charge in [-0.2, -0.15) is 0 Å². The average Bonchev–Trinajstić information content (AvgIpc) is 2.46. The predicted molar refractivity (Wildman–Crippen MR) is 74.4 cm³/mol. The SMILES string of the molecule is CCC1CCN(C(=O)CCc2ccccc2)CC1. The molecule has 0 saturated carbocycles. The first-order valence-corrected chi connectivity index (χ1v) is 7.11. The summed E-state index contributed by atoms with van der Waals surface area (Å²) in [4.78, 5) is 14.1. The van der Waals surface area contributed by atoms with Crippen LogP contribution in [0.1, 0.15) is 38.2 Å². The van der Waals surface area contributed by atoms with Crippen LogP contribution in [-0.2, 0) is 11.2 Å². The third-order valence-corrected chi connectivity index (χ3v) is 4.01. The van der Waals surface area contributed by atoms with Crippen molar-refractivity contribution in [2.45, 2.75) is 39.0 Å². The lowest BCUT2D eigenvalue weighted by molar-refractivity contribution is -0.132. The lowest BCUT2D eigenvalue weighted by atomic mass is 9.94. The second-order valence-electron chi connectivity index (χ2n) is 5.22. The fraction of sp³-hybridized carbons (Fsp3) is 0.562. The van der Waals surface area contributed by atoms with E-state index in [0.717, 1.165) is 25.4 Å². The highest BCUT2D eigenvalue weighted by Gasteiger charge is 2.21. The van der Waals surface area contributed by atoms with Gasteiger partial charge in [-0.3, -0.25) is 4.79 Å². The van der Waals surface area contributed by atoms with Crippen LogP contribution in [0.3, 0.4) is 0 Å². The van der Waals surface area contributed by atoms with Crippen molar-refractivity contribution < 1.29 is 4.79 Å². The molecule has 0 radical (unpaired) electrons. The van der Waals surface area contributed by atoms with Gasteiger partial charge in [-0.1, -0.05) is 43.7 Å². The lowest BCUT2D eigenvalue weighted by Crippen LogP contribution is -2.38. The zero-order valence-electron chi connectivity index (χ0n) is 11.3. The molecule has 0 N–H and O–H groups in total. The monoisotopic (exact) mass is 245 g/mol. The first kappa shape index (κ1) is 13.1. The van der Waals surface area contributed by atoms with Crippen molar-refractivity contribution in [3.8, 4) is 0 Å². The topological polar surface area (TPSA) is 20.3 Å². The first-order valence-electron chi connectivity index (χ1n) is 7.11. The highest BCUT2D eigenvalue weighted by molar-refractivity contribution is 5.76. The van der Waals surface area contributed by atoms with Crippen LogP contribution in [0.2, 0.25) is 0 Å². The van der Waals surface area contributed by atoms with Gasteiger partial charge >= 0.3 is 0 Å². The number of hydrogen-bond donors (Lipinski definition) is 0. The molecule has 98 valence electrons. The molecule has 0 atom stereocenters. The maximum Gasteiger partial charge on any atom is 0.222 e. The van der Waals surface area contributed by atoms with Crippen LogP contribution in [0, 0.1) is 5.92 Å². The Morgan fingerprint density at radius 3 is 2.50 bits per heavy atom. The van der Waals surface area contributed by atoms with Gasteiger partial charge in [-0.25, -0.2) is 0 Å². The van der Waals surface area contributed by atoms with Crippen LogP contribution >= 0.6 is 0 Å². The summed E-state index contributed by atoms with van der Waals surface area (Å²) >= 11 is 0. The Bertz CT molecular complexity index is 366. The van der Waals surface area contributed by atoms with Gasteiger partial charge in [0.25, 0.3) is 0 Å². The van der Waals surface area contributed by atoms with E-state index in [1.807, 2.05) is 18.2 Å². The third kappa shape index (κ3) is 3.59. The molecule has 1 aromatic carbocycles. The maximum absolute atomic E-state index is 12.1. The Hall–Kier alpha value is -1.31. The molecule has 1 amide bonds. The smallest absolute Gasteiger partial charge is 0.222 e. The van der Waals surface area contributed by atoms with Crippen LogP contribution in [0.15, 0.2) is 30.3 Å². The van der Waals surface area contributed by atoms with Gasteiger partial charge in [0.05, 0.1) is 0 Å². The van der Waals surface area contributed by atoms with E-state index in [1.54, 1.807) is 0 Å². The van der Waals surface area contributed by atoms with E-state index in [2.05, 4.69) is 24.0 Å². The van der Waals surface area contributed by atoms with E-state index in [1.165, 1.54) is 24.8 Å². The average molecular weight is 245 g/mol. The number of likely N-dealkylation sites (tertiary alicyclic amines) is 1. The minimum Gasteiger partial charge on any atom is -0.343 e. The number of carbonyl (C=O) groups excluding carboxylic acids is 1. The third-order valence-electron chi connectivity index (χ3n) is 4.01. The number of nitrogens with zero attached hydrogens (tertiary/aromatic N) is 1. The second-order valence-corrected chi connectivity index (χ2v) is 5.22. The Kier molecular flexibility index (Phi) is 4.80. The predicted octanol–water partition coefficient (Wildman–Crippen LogP) is 3.27. The summed E-state index contributed by atoms with van der Waals surface area (Å²) < 4.78 is 0. The van der Waals surface area contributed by atoms with Gasteiger partial charge in [0.2, 0.25) is 5.91 Å². The molecular weight excluding hydrogens is 222 g/mol. The van der Waals surface area contributed by atoms with Crippen LogP contribution in [0.25, 0.3) is 0 Å². The number of aryl methyl sites for hydroxylation is 1. The van der Waals surface area contributed by atoms with E-state index >= 15 is 0 Å². The van der Waals surface area contributed by atoms with E-state index in [-0.39, 0.29) is 0 Å². The van der Waals surface area contributed by atoms with Crippen molar-refractivity contribution in [1.82, 2.24) is 4.90 Å². The summed E-state index contributed by atoms with van der Waals surface area (Å²) in [5, 5.41) is 0. The van der Waals surface area contributed by atoms with E-state index in [0.29, 0.717) is 12.3 Å². The molecule has 0 spiro atoms. The second kappa shape index (κ2) is 6.58. The highest BCUT2D eigenvalue weighted by Crippen LogP contribution is 2.20. The fourth-order valence-corrected chi connectivity index (χ4v) is 2.64. The molecule has 0 bridgehead atoms. The molecule has 1 saturated heterocycles. The minimum absolute atomic E-state index is 0.327. The number of benzene rings is 1. The quantitative estimate of drug-likeness (QED) is 0.797. The van der Waals surface area contributed by atoms with Crippen molar-refractivity contribution in [3.63, 3.8) is 0 Å². The molecule has 1 aliphatic heterocycles. The van der Waals surface area contributed by atoms with Gasteiger partial charge in [-0.05, 0) is 30.7 Å². The van der Waals surface area contributed by atoms with Gasteiger partial charge in [0.15, 0.2) is 0 Å². The molecule has 0 unspecified atom stereocenters. The fourth-order valence-electron chi connectivity index (χ4n) is 2.64. The molecule has 2 nitrogen and oxygen atoms in total. The molecule has 1 aliphatic rings. The Balaban J connectivity index is 1.75. The summed E-state index contributed by atoms with van der Waals surface area (Å²) in [6.45, 7) is 4.18. The van der Waals surface area contributed by atoms with Gasteiger partial charge < -0.3 is 4.90 Å². The van der Waals surface area contributed by atoms with Crippen LogP contribution in [0.4, 0.5) is 0 Å². The summed E-state index contributed by atoms with van der Waals surface area (Å²) in [6, 6.07) is 10.3. The standard InChI is InChI=1S/C16H23NO/c1-2-14-10-12-17(13-11-14)16(18)9-8-15-6-4-3-5-7-15/h3-7,14H,2,8-13H2,1H3. The zero-order chi connectivity index (χ0) is 12.8. The van der Waals surface area contributed by atoms with Crippen molar-refractivity contribution in [2.24, 2.45) is 5.92 Å². The van der Waals surface area contributed by atoms with E-state index in [4.69, 9.17) is 0 Å². The molecule has 0 aromatic heterocycles. The molecule has 18 heavy (non-hydrogen) atoms. The molecule has 2 heteroatoms. The molecule has 0 aliphatic carbocycles. The van der Waals surface area contributed by atoms with Crippen molar-refractivity contribution >= 4 is 5.91 Å².